The molecule has 0 radical (unpaired) electrons. The first-order chi connectivity index (χ1) is 10.7. The van der Waals surface area contributed by atoms with Crippen LogP contribution in [0.2, 0.25) is 5.02 Å². The molecule has 1 aliphatic heterocycles. The molecular formula is C16H18ClN3OS2. The van der Waals surface area contributed by atoms with Gasteiger partial charge in [0, 0.05) is 16.9 Å². The first-order valence-electron chi connectivity index (χ1n) is 7.00. The van der Waals surface area contributed by atoms with Crippen LogP contribution in [0, 0.1) is 0 Å². The maximum Gasteiger partial charge on any atom is 0.203 e. The van der Waals surface area contributed by atoms with Crippen LogP contribution in [0.5, 0.6) is 0 Å². The lowest BCUT2D eigenvalue weighted by molar-refractivity contribution is 0.522. The average molecular weight is 368 g/mol. The molecule has 1 aromatic carbocycles. The Morgan fingerprint density at radius 2 is 2.17 bits per heavy atom. The quantitative estimate of drug-likeness (QED) is 0.829. The van der Waals surface area contributed by atoms with Crippen molar-refractivity contribution in [2.45, 2.75) is 12.5 Å². The summed E-state index contributed by atoms with van der Waals surface area (Å²) in [6.45, 7) is 1.95. The Labute approximate surface area is 145 Å². The van der Waals surface area contributed by atoms with Crippen LogP contribution in [0.25, 0.3) is 11.1 Å². The Balaban J connectivity index is 2.03. The Kier molecular flexibility index (Phi) is 3.94. The molecule has 2 N–H and O–H groups in total. The van der Waals surface area contributed by atoms with Crippen molar-refractivity contribution in [1.29, 1.82) is 0 Å². The molecule has 4 nitrogen and oxygen atoms in total. The van der Waals surface area contributed by atoms with Crippen LogP contribution in [0.15, 0.2) is 40.7 Å². The van der Waals surface area contributed by atoms with Crippen LogP contribution >= 0.6 is 22.9 Å². The molecule has 0 saturated heterocycles. The summed E-state index contributed by atoms with van der Waals surface area (Å²) >= 11 is 7.65. The molecule has 122 valence electrons. The summed E-state index contributed by atoms with van der Waals surface area (Å²) in [5.74, 6) is 4.44. The molecule has 23 heavy (non-hydrogen) atoms. The number of benzene rings is 1. The van der Waals surface area contributed by atoms with E-state index in [1.807, 2.05) is 31.2 Å². The van der Waals surface area contributed by atoms with Gasteiger partial charge in [-0.3, -0.25) is 4.31 Å². The highest BCUT2D eigenvalue weighted by molar-refractivity contribution is 7.98. The van der Waals surface area contributed by atoms with E-state index in [1.165, 1.54) is 4.31 Å². The maximum atomic E-state index is 12.7. The molecule has 0 amide bonds. The zero-order valence-corrected chi connectivity index (χ0v) is 15.3. The minimum atomic E-state index is -2.47. The number of thiophene rings is 1. The number of hydrogen-bond acceptors (Lipinski definition) is 4. The molecule has 3 rings (SSSR count). The molecule has 0 saturated carbocycles. The van der Waals surface area contributed by atoms with Gasteiger partial charge in [0.15, 0.2) is 0 Å². The molecule has 0 aliphatic carbocycles. The van der Waals surface area contributed by atoms with Gasteiger partial charge >= 0.3 is 0 Å². The third kappa shape index (κ3) is 2.98. The minimum Gasteiger partial charge on any atom is -0.369 e. The van der Waals surface area contributed by atoms with Gasteiger partial charge in [0.2, 0.25) is 5.96 Å². The molecule has 2 heterocycles. The van der Waals surface area contributed by atoms with Crippen molar-refractivity contribution < 1.29 is 4.21 Å². The largest absolute Gasteiger partial charge is 0.369 e. The van der Waals surface area contributed by atoms with E-state index in [0.717, 1.165) is 16.0 Å². The number of nitrogens with two attached hydrogens (primary N) is 1. The molecule has 2 aromatic rings. The van der Waals surface area contributed by atoms with Gasteiger partial charge in [0.25, 0.3) is 0 Å². The van der Waals surface area contributed by atoms with Crippen molar-refractivity contribution >= 4 is 44.5 Å². The van der Waals surface area contributed by atoms with E-state index >= 15 is 0 Å². The molecule has 2 atom stereocenters. The van der Waals surface area contributed by atoms with E-state index in [-0.39, 0.29) is 5.96 Å². The van der Waals surface area contributed by atoms with Crippen molar-refractivity contribution in [2.75, 3.05) is 12.8 Å². The minimum absolute atomic E-state index is 0.261. The fraction of sp³-hybridized carbons (Fsp3) is 0.250. The fourth-order valence-corrected chi connectivity index (χ4v) is 5.61. The van der Waals surface area contributed by atoms with E-state index in [4.69, 9.17) is 17.3 Å². The Morgan fingerprint density at radius 1 is 1.43 bits per heavy atom. The number of guanidine groups is 1. The normalized spacial score (nSPS) is 27.8. The summed E-state index contributed by atoms with van der Waals surface area (Å²) in [5.41, 5.74) is 7.43. The fourth-order valence-electron chi connectivity index (χ4n) is 2.63. The standard InChI is InChI=1S/C16H18ClN3OS2/c1-16(10-23(3,21)20(2)15(18)19-16)14-8-12(9-22-14)11-5-4-6-13(17)7-11/h4-9H,3,10H2,1-2H3,(H2,18,19)/t16-,23?/m0/s1. The lowest BCUT2D eigenvalue weighted by Crippen LogP contribution is -2.50. The van der Waals surface area contributed by atoms with Crippen LogP contribution in [0.3, 0.4) is 0 Å². The van der Waals surface area contributed by atoms with Crippen LogP contribution in [-0.2, 0) is 15.2 Å². The van der Waals surface area contributed by atoms with Crippen LogP contribution in [0.4, 0.5) is 0 Å². The van der Waals surface area contributed by atoms with E-state index in [9.17, 15) is 4.21 Å². The monoisotopic (exact) mass is 367 g/mol. The molecule has 1 aliphatic rings. The second-order valence-electron chi connectivity index (χ2n) is 5.87. The van der Waals surface area contributed by atoms with E-state index < -0.39 is 15.2 Å². The van der Waals surface area contributed by atoms with Crippen molar-refractivity contribution in [3.05, 3.63) is 45.6 Å². The van der Waals surface area contributed by atoms with Crippen molar-refractivity contribution in [1.82, 2.24) is 4.31 Å². The smallest absolute Gasteiger partial charge is 0.203 e. The van der Waals surface area contributed by atoms with E-state index in [2.05, 4.69) is 22.3 Å². The Hall–Kier alpha value is -1.50. The van der Waals surface area contributed by atoms with Gasteiger partial charge < -0.3 is 5.73 Å². The summed E-state index contributed by atoms with van der Waals surface area (Å²) in [6, 6.07) is 9.77. The van der Waals surface area contributed by atoms with Gasteiger partial charge in [-0.15, -0.1) is 11.3 Å². The lowest BCUT2D eigenvalue weighted by atomic mass is 10.0. The highest BCUT2D eigenvalue weighted by atomic mass is 35.5. The second kappa shape index (κ2) is 5.54. The first kappa shape index (κ1) is 16.4. The number of halogens is 1. The number of aliphatic imine (C=N–C) groups is 1. The van der Waals surface area contributed by atoms with Crippen LogP contribution in [-0.4, -0.2) is 33.1 Å². The summed E-state index contributed by atoms with van der Waals surface area (Å²) in [6.07, 6.45) is 0. The SMILES string of the molecule is C=S1(=O)C[C@@](C)(c2cc(-c3cccc(Cl)c3)cs2)N=C(N)N1C. The lowest BCUT2D eigenvalue weighted by Gasteiger charge is -2.36. The van der Waals surface area contributed by atoms with Gasteiger partial charge in [0.1, 0.15) is 5.54 Å². The molecule has 1 unspecified atom stereocenters. The van der Waals surface area contributed by atoms with Crippen molar-refractivity contribution in [3.8, 4) is 11.1 Å². The summed E-state index contributed by atoms with van der Waals surface area (Å²) in [4.78, 5) is 5.58. The van der Waals surface area contributed by atoms with Crippen LogP contribution < -0.4 is 5.73 Å². The predicted molar refractivity (Wildman–Crippen MR) is 102 cm³/mol. The molecular weight excluding hydrogens is 350 g/mol. The Morgan fingerprint density at radius 3 is 2.83 bits per heavy atom. The zero-order valence-electron chi connectivity index (χ0n) is 13.0. The van der Waals surface area contributed by atoms with Gasteiger partial charge in [-0.2, -0.15) is 0 Å². The van der Waals surface area contributed by atoms with E-state index in [0.29, 0.717) is 10.8 Å². The summed E-state index contributed by atoms with van der Waals surface area (Å²) in [5, 5.41) is 2.75. The Bertz CT molecular complexity index is 888. The third-order valence-corrected chi connectivity index (χ3v) is 7.59. The van der Waals surface area contributed by atoms with Crippen LogP contribution in [0.1, 0.15) is 11.8 Å². The molecule has 0 bridgehead atoms. The number of rotatable bonds is 2. The van der Waals surface area contributed by atoms with Gasteiger partial charge in [0.05, 0.1) is 15.5 Å². The topological polar surface area (TPSA) is 58.7 Å². The third-order valence-electron chi connectivity index (χ3n) is 3.98. The van der Waals surface area contributed by atoms with Gasteiger partial charge in [-0.05, 0) is 47.5 Å². The summed E-state index contributed by atoms with van der Waals surface area (Å²) in [7, 11) is -0.799. The van der Waals surface area contributed by atoms with Crippen molar-refractivity contribution in [2.24, 2.45) is 10.7 Å². The maximum absolute atomic E-state index is 12.7. The molecule has 0 spiro atoms. The molecule has 1 aromatic heterocycles. The highest BCUT2D eigenvalue weighted by Gasteiger charge is 2.37. The average Bonchev–Trinajstić information content (AvgIpc) is 2.95. The summed E-state index contributed by atoms with van der Waals surface area (Å²) < 4.78 is 14.2. The number of hydrogen-bond donors (Lipinski definition) is 1. The first-order valence-corrected chi connectivity index (χ1v) is 10.1. The van der Waals surface area contributed by atoms with Gasteiger partial charge in [-0.25, -0.2) is 9.20 Å². The van der Waals surface area contributed by atoms with Crippen molar-refractivity contribution in [3.63, 3.8) is 0 Å². The number of nitrogens with zero attached hydrogens (tertiary/aromatic N) is 2. The zero-order chi connectivity index (χ0) is 16.8. The highest BCUT2D eigenvalue weighted by Crippen LogP contribution is 2.38. The van der Waals surface area contributed by atoms with Gasteiger partial charge in [-0.1, -0.05) is 23.7 Å². The predicted octanol–water partition coefficient (Wildman–Crippen LogP) is 3.18. The molecule has 0 fully saturated rings. The molecule has 7 heteroatoms. The van der Waals surface area contributed by atoms with E-state index in [1.54, 1.807) is 18.4 Å². The second-order valence-corrected chi connectivity index (χ2v) is 9.60.